The van der Waals surface area contributed by atoms with Gasteiger partial charge in [0.1, 0.15) is 0 Å². The largest absolute Gasteiger partial charge is 0.391 e. The van der Waals surface area contributed by atoms with Crippen LogP contribution in [0.3, 0.4) is 0 Å². The molecule has 0 aromatic carbocycles. The third kappa shape index (κ3) is 1.55. The molecule has 1 saturated heterocycles. The lowest BCUT2D eigenvalue weighted by Gasteiger charge is -2.28. The van der Waals surface area contributed by atoms with Crippen molar-refractivity contribution >= 4 is 0 Å². The van der Waals surface area contributed by atoms with E-state index in [9.17, 15) is 5.11 Å². The molecule has 1 saturated carbocycles. The van der Waals surface area contributed by atoms with E-state index in [0.717, 1.165) is 32.4 Å². The molecule has 0 aromatic heterocycles. The average Bonchev–Trinajstić information content (AvgIpc) is 2.69. The molecule has 11 heavy (non-hydrogen) atoms. The summed E-state index contributed by atoms with van der Waals surface area (Å²) in [6, 6.07) is 0.391. The van der Waals surface area contributed by atoms with Gasteiger partial charge in [-0.3, -0.25) is 4.90 Å². The zero-order valence-electron chi connectivity index (χ0n) is 6.57. The predicted octanol–water partition coefficient (Wildman–Crippen LogP) is 0.0145. The molecular formula is C8H14NO2. The Hall–Kier alpha value is -0.120. The Morgan fingerprint density at radius 2 is 1.82 bits per heavy atom. The second-order valence-electron chi connectivity index (χ2n) is 3.61. The van der Waals surface area contributed by atoms with Crippen molar-refractivity contribution in [3.8, 4) is 0 Å². The van der Waals surface area contributed by atoms with Crippen LogP contribution >= 0.6 is 0 Å². The minimum absolute atomic E-state index is 0.0989. The van der Waals surface area contributed by atoms with Crippen LogP contribution in [0.5, 0.6) is 0 Å². The predicted molar refractivity (Wildman–Crippen MR) is 39.7 cm³/mol. The third-order valence-corrected chi connectivity index (χ3v) is 2.67. The third-order valence-electron chi connectivity index (χ3n) is 2.67. The fourth-order valence-electron chi connectivity index (χ4n) is 1.77. The zero-order chi connectivity index (χ0) is 7.84. The number of rotatable bonds is 1. The van der Waals surface area contributed by atoms with Gasteiger partial charge in [0, 0.05) is 19.1 Å². The van der Waals surface area contributed by atoms with E-state index in [-0.39, 0.29) is 12.2 Å². The summed E-state index contributed by atoms with van der Waals surface area (Å²) < 4.78 is 0. The summed E-state index contributed by atoms with van der Waals surface area (Å²) in [7, 11) is 0. The molecule has 1 radical (unpaired) electrons. The zero-order valence-corrected chi connectivity index (χ0v) is 6.57. The number of aliphatic hydroxyl groups is 1. The fraction of sp³-hybridized carbons (Fsp3) is 1.00. The van der Waals surface area contributed by atoms with Gasteiger partial charge in [0.2, 0.25) is 0 Å². The Balaban J connectivity index is 1.79. The second-order valence-corrected chi connectivity index (χ2v) is 3.61. The van der Waals surface area contributed by atoms with Crippen molar-refractivity contribution in [1.82, 2.24) is 4.90 Å². The van der Waals surface area contributed by atoms with Crippen LogP contribution in [0.15, 0.2) is 0 Å². The lowest BCUT2D eigenvalue weighted by Crippen LogP contribution is -2.38. The van der Waals surface area contributed by atoms with Crippen molar-refractivity contribution < 1.29 is 10.2 Å². The smallest absolute Gasteiger partial charge is 0.0954 e. The summed E-state index contributed by atoms with van der Waals surface area (Å²) >= 11 is 0. The van der Waals surface area contributed by atoms with Gasteiger partial charge in [0.15, 0.2) is 0 Å². The Morgan fingerprint density at radius 3 is 2.27 bits per heavy atom. The standard InChI is InChI=1S/C8H14NO2/c10-6-1-3-9(4-2-6)7-5-8(7)11/h6-8,11H,1-5H2. The first-order chi connectivity index (χ1) is 5.27. The molecule has 0 spiro atoms. The quantitative estimate of drug-likeness (QED) is 0.581. The average molecular weight is 156 g/mol. The molecule has 2 aliphatic rings. The SMILES string of the molecule is [O]C1CCN(C2CC2O)CC1. The monoisotopic (exact) mass is 156 g/mol. The van der Waals surface area contributed by atoms with Gasteiger partial charge in [-0.1, -0.05) is 0 Å². The second kappa shape index (κ2) is 2.73. The van der Waals surface area contributed by atoms with E-state index in [2.05, 4.69) is 4.90 Å². The highest BCUT2D eigenvalue weighted by atomic mass is 16.3. The molecule has 0 amide bonds. The maximum Gasteiger partial charge on any atom is 0.0954 e. The van der Waals surface area contributed by atoms with Crippen LogP contribution in [0, 0.1) is 0 Å². The van der Waals surface area contributed by atoms with Crippen molar-refractivity contribution in [3.63, 3.8) is 0 Å². The Labute approximate surface area is 66.6 Å². The minimum Gasteiger partial charge on any atom is -0.391 e. The molecule has 1 N–H and O–H groups in total. The number of nitrogens with zero attached hydrogens (tertiary/aromatic N) is 1. The van der Waals surface area contributed by atoms with Crippen molar-refractivity contribution in [1.29, 1.82) is 0 Å². The maximum absolute atomic E-state index is 10.9. The summed E-state index contributed by atoms with van der Waals surface area (Å²) in [4.78, 5) is 2.25. The number of hydrogen-bond donors (Lipinski definition) is 1. The van der Waals surface area contributed by atoms with Gasteiger partial charge < -0.3 is 5.11 Å². The lowest BCUT2D eigenvalue weighted by atomic mass is 10.1. The van der Waals surface area contributed by atoms with Gasteiger partial charge in [-0.05, 0) is 19.3 Å². The van der Waals surface area contributed by atoms with E-state index in [1.807, 2.05) is 0 Å². The summed E-state index contributed by atoms with van der Waals surface area (Å²) in [5.74, 6) is 0. The van der Waals surface area contributed by atoms with E-state index in [1.54, 1.807) is 0 Å². The molecule has 2 unspecified atom stereocenters. The van der Waals surface area contributed by atoms with E-state index in [4.69, 9.17) is 5.11 Å². The molecule has 1 aliphatic heterocycles. The van der Waals surface area contributed by atoms with E-state index in [0.29, 0.717) is 6.04 Å². The van der Waals surface area contributed by atoms with Crippen LogP contribution in [0.1, 0.15) is 19.3 Å². The molecule has 0 aromatic rings. The van der Waals surface area contributed by atoms with Crippen LogP contribution in [-0.2, 0) is 5.11 Å². The number of piperidine rings is 1. The van der Waals surface area contributed by atoms with Crippen molar-refractivity contribution in [2.75, 3.05) is 13.1 Å². The molecular weight excluding hydrogens is 142 g/mol. The molecule has 63 valence electrons. The maximum atomic E-state index is 10.9. The molecule has 3 nitrogen and oxygen atoms in total. The van der Waals surface area contributed by atoms with Crippen molar-refractivity contribution in [2.24, 2.45) is 0 Å². The van der Waals surface area contributed by atoms with Gasteiger partial charge >= 0.3 is 0 Å². The van der Waals surface area contributed by atoms with Crippen LogP contribution < -0.4 is 0 Å². The molecule has 1 heterocycles. The normalized spacial score (nSPS) is 40.9. The Kier molecular flexibility index (Phi) is 1.87. The topological polar surface area (TPSA) is 43.4 Å². The first-order valence-electron chi connectivity index (χ1n) is 4.35. The molecule has 2 atom stereocenters. The molecule has 3 heteroatoms. The first kappa shape index (κ1) is 7.53. The molecule has 1 aliphatic carbocycles. The van der Waals surface area contributed by atoms with E-state index >= 15 is 0 Å². The fourth-order valence-corrected chi connectivity index (χ4v) is 1.77. The summed E-state index contributed by atoms with van der Waals surface area (Å²) in [5, 5.41) is 20.1. The van der Waals surface area contributed by atoms with Crippen LogP contribution in [0.4, 0.5) is 0 Å². The van der Waals surface area contributed by atoms with Gasteiger partial charge in [0.05, 0.1) is 12.2 Å². The van der Waals surface area contributed by atoms with Crippen molar-refractivity contribution in [2.45, 2.75) is 37.5 Å². The first-order valence-corrected chi connectivity index (χ1v) is 4.35. The van der Waals surface area contributed by atoms with Gasteiger partial charge in [0.25, 0.3) is 0 Å². The molecule has 2 rings (SSSR count). The van der Waals surface area contributed by atoms with Gasteiger partial charge in [-0.2, -0.15) is 0 Å². The van der Waals surface area contributed by atoms with E-state index < -0.39 is 0 Å². The molecule has 2 fully saturated rings. The van der Waals surface area contributed by atoms with Gasteiger partial charge in [-0.25, -0.2) is 5.11 Å². The van der Waals surface area contributed by atoms with E-state index in [1.165, 1.54) is 0 Å². The van der Waals surface area contributed by atoms with Gasteiger partial charge in [-0.15, -0.1) is 0 Å². The van der Waals surface area contributed by atoms with Crippen LogP contribution in [-0.4, -0.2) is 41.3 Å². The summed E-state index contributed by atoms with van der Waals surface area (Å²) in [5.41, 5.74) is 0. The summed E-state index contributed by atoms with van der Waals surface area (Å²) in [6.45, 7) is 1.80. The Morgan fingerprint density at radius 1 is 1.27 bits per heavy atom. The molecule has 0 bridgehead atoms. The summed E-state index contributed by atoms with van der Waals surface area (Å²) in [6.07, 6.45) is 2.01. The number of likely N-dealkylation sites (tertiary alicyclic amines) is 1. The Bertz CT molecular complexity index is 143. The highest BCUT2D eigenvalue weighted by molar-refractivity contribution is 4.96. The minimum atomic E-state index is -0.345. The van der Waals surface area contributed by atoms with Crippen molar-refractivity contribution in [3.05, 3.63) is 0 Å². The highest BCUT2D eigenvalue weighted by Crippen LogP contribution is 2.29. The lowest BCUT2D eigenvalue weighted by molar-refractivity contribution is 0.0214. The number of hydrogen-bond acceptors (Lipinski definition) is 2. The highest BCUT2D eigenvalue weighted by Gasteiger charge is 2.41. The number of aliphatic hydroxyl groups excluding tert-OH is 1. The van der Waals surface area contributed by atoms with Crippen LogP contribution in [0.25, 0.3) is 0 Å². The van der Waals surface area contributed by atoms with Crippen LogP contribution in [0.2, 0.25) is 0 Å².